The fourth-order valence-electron chi connectivity index (χ4n) is 3.10. The number of sulfonamides is 1. The fraction of sp³-hybridized carbons (Fsp3) is 0.0800. The van der Waals surface area contributed by atoms with Crippen LogP contribution < -0.4 is 10.0 Å². The number of carbonyl (C=O) groups is 1. The van der Waals surface area contributed by atoms with Gasteiger partial charge in [-0.25, -0.2) is 28.1 Å². The van der Waals surface area contributed by atoms with Crippen LogP contribution in [0, 0.1) is 11.3 Å². The SMILES string of the molecule is CC(Sc1nc(-c2ccccc2)ccc1C#N)C(=O)Nc1ccc(S(=O)(=O)Nc2ncccn2)cc1. The van der Waals surface area contributed by atoms with Crippen molar-refractivity contribution in [2.45, 2.75) is 22.1 Å². The highest BCUT2D eigenvalue weighted by molar-refractivity contribution is 8.00. The first-order valence-electron chi connectivity index (χ1n) is 10.7. The number of anilines is 2. The summed E-state index contributed by atoms with van der Waals surface area (Å²) in [5.41, 5.74) is 2.41. The molecular formula is C25H20N6O3S2. The molecule has 2 aromatic heterocycles. The van der Waals surface area contributed by atoms with Gasteiger partial charge < -0.3 is 5.32 Å². The number of amides is 1. The number of hydrogen-bond acceptors (Lipinski definition) is 8. The molecule has 0 aliphatic heterocycles. The van der Waals surface area contributed by atoms with E-state index in [0.29, 0.717) is 22.0 Å². The minimum absolute atomic E-state index is 0.00374. The summed E-state index contributed by atoms with van der Waals surface area (Å²) < 4.78 is 27.3. The van der Waals surface area contributed by atoms with Gasteiger partial charge in [0.05, 0.1) is 21.4 Å². The zero-order chi connectivity index (χ0) is 25.5. The molecule has 11 heteroatoms. The van der Waals surface area contributed by atoms with Gasteiger partial charge >= 0.3 is 0 Å². The average molecular weight is 517 g/mol. The fourth-order valence-corrected chi connectivity index (χ4v) is 4.95. The van der Waals surface area contributed by atoms with Crippen molar-refractivity contribution in [3.05, 3.63) is 90.8 Å². The van der Waals surface area contributed by atoms with Gasteiger partial charge in [0.1, 0.15) is 11.1 Å². The molecule has 0 saturated heterocycles. The quantitative estimate of drug-likeness (QED) is 0.330. The van der Waals surface area contributed by atoms with Crippen molar-refractivity contribution in [2.75, 3.05) is 10.0 Å². The Bertz CT molecular complexity index is 1510. The number of aromatic nitrogens is 3. The minimum atomic E-state index is -3.88. The second-order valence-electron chi connectivity index (χ2n) is 7.48. The van der Waals surface area contributed by atoms with Crippen molar-refractivity contribution < 1.29 is 13.2 Å². The van der Waals surface area contributed by atoms with E-state index >= 15 is 0 Å². The van der Waals surface area contributed by atoms with Crippen molar-refractivity contribution >= 4 is 39.3 Å². The molecule has 180 valence electrons. The van der Waals surface area contributed by atoms with Crippen molar-refractivity contribution in [1.82, 2.24) is 15.0 Å². The number of nitrogens with one attached hydrogen (secondary N) is 2. The van der Waals surface area contributed by atoms with Crippen LogP contribution in [0.25, 0.3) is 11.3 Å². The molecule has 1 unspecified atom stereocenters. The standard InChI is InChI=1S/C25H20N6O3S2/c1-17(35-24-19(16-26)8-13-22(30-24)18-6-3-2-4-7-18)23(32)29-20-9-11-21(12-10-20)36(33,34)31-25-27-14-5-15-28-25/h2-15,17H,1H3,(H,29,32)(H,27,28,31). The Morgan fingerprint density at radius 1 is 0.972 bits per heavy atom. The summed E-state index contributed by atoms with van der Waals surface area (Å²) in [7, 11) is -3.88. The zero-order valence-corrected chi connectivity index (χ0v) is 20.6. The lowest BCUT2D eigenvalue weighted by Crippen LogP contribution is -2.22. The molecule has 0 aliphatic carbocycles. The van der Waals surface area contributed by atoms with Crippen LogP contribution in [0.3, 0.4) is 0 Å². The van der Waals surface area contributed by atoms with Crippen molar-refractivity contribution in [1.29, 1.82) is 5.26 Å². The predicted molar refractivity (Wildman–Crippen MR) is 138 cm³/mol. The first-order chi connectivity index (χ1) is 17.4. The van der Waals surface area contributed by atoms with Gasteiger partial charge in [0.15, 0.2) is 0 Å². The third kappa shape index (κ3) is 6.04. The van der Waals surface area contributed by atoms with E-state index in [1.165, 1.54) is 48.4 Å². The van der Waals surface area contributed by atoms with Gasteiger partial charge in [0.2, 0.25) is 11.9 Å². The highest BCUT2D eigenvalue weighted by Crippen LogP contribution is 2.29. The van der Waals surface area contributed by atoms with Gasteiger partial charge in [-0.1, -0.05) is 42.1 Å². The molecule has 9 nitrogen and oxygen atoms in total. The van der Waals surface area contributed by atoms with E-state index in [1.54, 1.807) is 25.1 Å². The molecule has 0 aliphatic rings. The Balaban J connectivity index is 1.43. The highest BCUT2D eigenvalue weighted by atomic mass is 32.2. The number of pyridine rings is 1. The maximum atomic E-state index is 12.8. The van der Waals surface area contributed by atoms with E-state index in [4.69, 9.17) is 0 Å². The Kier molecular flexibility index (Phi) is 7.58. The summed E-state index contributed by atoms with van der Waals surface area (Å²) in [6.45, 7) is 1.71. The number of hydrogen-bond donors (Lipinski definition) is 2. The smallest absolute Gasteiger partial charge is 0.264 e. The van der Waals surface area contributed by atoms with Crippen molar-refractivity contribution in [2.24, 2.45) is 0 Å². The Morgan fingerprint density at radius 3 is 2.33 bits per heavy atom. The summed E-state index contributed by atoms with van der Waals surface area (Å²) in [6, 6.07) is 22.4. The molecule has 2 N–H and O–H groups in total. The second-order valence-corrected chi connectivity index (χ2v) is 10.5. The summed E-state index contributed by atoms with van der Waals surface area (Å²) in [4.78, 5) is 25.1. The van der Waals surface area contributed by atoms with Gasteiger partial charge in [-0.3, -0.25) is 4.79 Å². The zero-order valence-electron chi connectivity index (χ0n) is 19.0. The molecule has 1 amide bonds. The molecular weight excluding hydrogens is 496 g/mol. The van der Waals surface area contributed by atoms with E-state index in [-0.39, 0.29) is 16.8 Å². The van der Waals surface area contributed by atoms with Crippen LogP contribution in [-0.2, 0) is 14.8 Å². The van der Waals surface area contributed by atoms with Crippen molar-refractivity contribution in [3.8, 4) is 17.3 Å². The number of nitriles is 1. The van der Waals surface area contributed by atoms with Crippen LogP contribution in [0.1, 0.15) is 12.5 Å². The van der Waals surface area contributed by atoms with E-state index in [9.17, 15) is 18.5 Å². The average Bonchev–Trinajstić information content (AvgIpc) is 2.90. The lowest BCUT2D eigenvalue weighted by Gasteiger charge is -2.13. The predicted octanol–water partition coefficient (Wildman–Crippen LogP) is 4.33. The van der Waals surface area contributed by atoms with Crippen LogP contribution in [-0.4, -0.2) is 34.5 Å². The Labute approximate surface area is 212 Å². The highest BCUT2D eigenvalue weighted by Gasteiger charge is 2.20. The van der Waals surface area contributed by atoms with Gasteiger partial charge in [0.25, 0.3) is 10.0 Å². The van der Waals surface area contributed by atoms with Crippen LogP contribution >= 0.6 is 11.8 Å². The molecule has 0 bridgehead atoms. The maximum absolute atomic E-state index is 12.8. The van der Waals surface area contributed by atoms with Crippen LogP contribution in [0.5, 0.6) is 0 Å². The summed E-state index contributed by atoms with van der Waals surface area (Å²) in [6.07, 6.45) is 2.85. The van der Waals surface area contributed by atoms with E-state index < -0.39 is 15.3 Å². The number of nitrogens with zero attached hydrogens (tertiary/aromatic N) is 4. The lowest BCUT2D eigenvalue weighted by atomic mass is 10.1. The third-order valence-electron chi connectivity index (χ3n) is 4.93. The summed E-state index contributed by atoms with van der Waals surface area (Å²) >= 11 is 1.17. The second kappa shape index (κ2) is 11.0. The number of rotatable bonds is 8. The topological polar surface area (TPSA) is 138 Å². The number of benzene rings is 2. The monoisotopic (exact) mass is 516 g/mol. The van der Waals surface area contributed by atoms with E-state index in [1.807, 2.05) is 30.3 Å². The number of thioether (sulfide) groups is 1. The van der Waals surface area contributed by atoms with Crippen molar-refractivity contribution in [3.63, 3.8) is 0 Å². The Hall–Kier alpha value is -4.27. The molecule has 4 rings (SSSR count). The summed E-state index contributed by atoms with van der Waals surface area (Å²) in [5, 5.41) is 12.1. The van der Waals surface area contributed by atoms with Crippen LogP contribution in [0.2, 0.25) is 0 Å². The molecule has 2 aromatic carbocycles. The van der Waals surface area contributed by atoms with Gasteiger partial charge in [-0.15, -0.1) is 0 Å². The first-order valence-corrected chi connectivity index (χ1v) is 13.1. The summed E-state index contributed by atoms with van der Waals surface area (Å²) in [5.74, 6) is -0.357. The van der Waals surface area contributed by atoms with Gasteiger partial charge in [0, 0.05) is 23.6 Å². The molecule has 4 aromatic rings. The minimum Gasteiger partial charge on any atom is -0.325 e. The van der Waals surface area contributed by atoms with Gasteiger partial charge in [-0.05, 0) is 49.4 Å². The molecule has 36 heavy (non-hydrogen) atoms. The Morgan fingerprint density at radius 2 is 1.67 bits per heavy atom. The van der Waals surface area contributed by atoms with Crippen LogP contribution in [0.4, 0.5) is 11.6 Å². The molecule has 1 atom stereocenters. The molecule has 0 fully saturated rings. The maximum Gasteiger partial charge on any atom is 0.264 e. The molecule has 0 saturated carbocycles. The first kappa shape index (κ1) is 24.8. The number of carbonyl (C=O) groups excluding carboxylic acids is 1. The van der Waals surface area contributed by atoms with E-state index in [0.717, 1.165) is 5.56 Å². The molecule has 0 spiro atoms. The molecule has 2 heterocycles. The normalized spacial score (nSPS) is 11.8. The largest absolute Gasteiger partial charge is 0.325 e. The molecule has 0 radical (unpaired) electrons. The lowest BCUT2D eigenvalue weighted by molar-refractivity contribution is -0.115. The van der Waals surface area contributed by atoms with Crippen LogP contribution in [0.15, 0.2) is 95.1 Å². The van der Waals surface area contributed by atoms with E-state index in [2.05, 4.69) is 31.1 Å². The van der Waals surface area contributed by atoms with Gasteiger partial charge in [-0.2, -0.15) is 5.26 Å². The third-order valence-corrected chi connectivity index (χ3v) is 7.38.